The number of aromatic nitrogens is 2. The summed E-state index contributed by atoms with van der Waals surface area (Å²) in [5, 5.41) is 4.14. The molecule has 0 aromatic carbocycles. The van der Waals surface area contributed by atoms with E-state index in [4.69, 9.17) is 5.73 Å². The van der Waals surface area contributed by atoms with E-state index in [2.05, 4.69) is 31.0 Å². The van der Waals surface area contributed by atoms with Crippen LogP contribution in [-0.2, 0) is 6.54 Å². The van der Waals surface area contributed by atoms with Gasteiger partial charge in [-0.15, -0.1) is 0 Å². The predicted octanol–water partition coefficient (Wildman–Crippen LogP) is 0.663. The van der Waals surface area contributed by atoms with Crippen molar-refractivity contribution < 1.29 is 0 Å². The van der Waals surface area contributed by atoms with Gasteiger partial charge in [0, 0.05) is 19.3 Å². The highest BCUT2D eigenvalue weighted by Crippen LogP contribution is 2.04. The molecule has 0 aliphatic heterocycles. The molecule has 0 spiro atoms. The van der Waals surface area contributed by atoms with Crippen LogP contribution in [0.3, 0.4) is 0 Å². The third kappa shape index (κ3) is 3.46. The molecular formula is C9H18N4. The Morgan fingerprint density at radius 1 is 1.62 bits per heavy atom. The van der Waals surface area contributed by atoms with Crippen LogP contribution in [0, 0.1) is 5.92 Å². The van der Waals surface area contributed by atoms with E-state index in [1.165, 1.54) is 0 Å². The van der Waals surface area contributed by atoms with Crippen molar-refractivity contribution in [3.8, 4) is 0 Å². The minimum atomic E-state index is 0.592. The fourth-order valence-electron chi connectivity index (χ4n) is 1.48. The Morgan fingerprint density at radius 3 is 2.77 bits per heavy atom. The summed E-state index contributed by atoms with van der Waals surface area (Å²) < 4.78 is 1.89. The van der Waals surface area contributed by atoms with E-state index < -0.39 is 0 Å². The number of nitrogens with zero attached hydrogens (tertiary/aromatic N) is 3. The summed E-state index contributed by atoms with van der Waals surface area (Å²) in [4.78, 5) is 2.18. The number of hydrogen-bond acceptors (Lipinski definition) is 3. The summed E-state index contributed by atoms with van der Waals surface area (Å²) in [5.74, 6) is 0.592. The molecule has 4 nitrogen and oxygen atoms in total. The van der Waals surface area contributed by atoms with Crippen LogP contribution in [0.4, 0.5) is 5.69 Å². The van der Waals surface area contributed by atoms with E-state index in [9.17, 15) is 0 Å². The van der Waals surface area contributed by atoms with Gasteiger partial charge in [0.05, 0.1) is 11.9 Å². The summed E-state index contributed by atoms with van der Waals surface area (Å²) in [6.07, 6.45) is 3.55. The molecule has 0 unspecified atom stereocenters. The van der Waals surface area contributed by atoms with Gasteiger partial charge in [0.2, 0.25) is 0 Å². The van der Waals surface area contributed by atoms with Crippen molar-refractivity contribution >= 4 is 5.69 Å². The van der Waals surface area contributed by atoms with Crippen molar-refractivity contribution in [2.24, 2.45) is 5.92 Å². The van der Waals surface area contributed by atoms with E-state index in [1.807, 2.05) is 10.9 Å². The van der Waals surface area contributed by atoms with Crippen LogP contribution in [0.5, 0.6) is 0 Å². The Bertz CT molecular complexity index is 254. The molecular weight excluding hydrogens is 164 g/mol. The molecule has 0 saturated carbocycles. The minimum Gasteiger partial charge on any atom is -0.396 e. The van der Waals surface area contributed by atoms with Gasteiger partial charge >= 0.3 is 0 Å². The first-order valence-corrected chi connectivity index (χ1v) is 4.50. The second-order valence-corrected chi connectivity index (χ2v) is 3.86. The van der Waals surface area contributed by atoms with Crippen LogP contribution in [-0.4, -0.2) is 35.3 Å². The number of rotatable bonds is 4. The zero-order valence-corrected chi connectivity index (χ0v) is 8.57. The molecule has 0 bridgehead atoms. The van der Waals surface area contributed by atoms with Crippen molar-refractivity contribution in [2.75, 3.05) is 26.4 Å². The Kier molecular flexibility index (Phi) is 3.31. The van der Waals surface area contributed by atoms with Gasteiger partial charge in [-0.1, -0.05) is 6.92 Å². The van der Waals surface area contributed by atoms with E-state index in [-0.39, 0.29) is 0 Å². The van der Waals surface area contributed by atoms with Crippen LogP contribution >= 0.6 is 0 Å². The van der Waals surface area contributed by atoms with Gasteiger partial charge in [0.15, 0.2) is 0 Å². The van der Waals surface area contributed by atoms with E-state index in [1.54, 1.807) is 6.20 Å². The van der Waals surface area contributed by atoms with E-state index >= 15 is 0 Å². The van der Waals surface area contributed by atoms with Gasteiger partial charge in [-0.25, -0.2) is 0 Å². The molecule has 0 aliphatic carbocycles. The summed E-state index contributed by atoms with van der Waals surface area (Å²) >= 11 is 0. The third-order valence-corrected chi connectivity index (χ3v) is 1.83. The molecule has 4 heteroatoms. The quantitative estimate of drug-likeness (QED) is 0.744. The predicted molar refractivity (Wildman–Crippen MR) is 54.4 cm³/mol. The highest BCUT2D eigenvalue weighted by Gasteiger charge is 2.04. The molecule has 0 amide bonds. The maximum absolute atomic E-state index is 5.56. The molecule has 13 heavy (non-hydrogen) atoms. The van der Waals surface area contributed by atoms with Crippen LogP contribution in [0.25, 0.3) is 0 Å². The average molecular weight is 182 g/mol. The van der Waals surface area contributed by atoms with Gasteiger partial charge < -0.3 is 10.6 Å². The van der Waals surface area contributed by atoms with Crippen molar-refractivity contribution in [1.29, 1.82) is 0 Å². The zero-order valence-electron chi connectivity index (χ0n) is 8.57. The van der Waals surface area contributed by atoms with Crippen LogP contribution in [0.15, 0.2) is 12.4 Å². The Labute approximate surface area is 79.3 Å². The molecule has 1 aromatic heterocycles. The monoisotopic (exact) mass is 182 g/mol. The molecule has 1 atom stereocenters. The van der Waals surface area contributed by atoms with Crippen LogP contribution in [0.1, 0.15) is 6.92 Å². The lowest BCUT2D eigenvalue weighted by Crippen LogP contribution is -2.23. The first-order chi connectivity index (χ1) is 6.08. The second-order valence-electron chi connectivity index (χ2n) is 3.86. The van der Waals surface area contributed by atoms with Gasteiger partial charge in [-0.2, -0.15) is 5.10 Å². The molecule has 2 N–H and O–H groups in total. The SMILES string of the molecule is C[C@@H](CN(C)C)Cn1cc(N)cn1. The van der Waals surface area contributed by atoms with Gasteiger partial charge in [0.25, 0.3) is 0 Å². The maximum Gasteiger partial charge on any atom is 0.0719 e. The largest absolute Gasteiger partial charge is 0.396 e. The van der Waals surface area contributed by atoms with Gasteiger partial charge in [-0.05, 0) is 20.0 Å². The number of nitrogens with two attached hydrogens (primary N) is 1. The van der Waals surface area contributed by atoms with Crippen molar-refractivity contribution in [2.45, 2.75) is 13.5 Å². The number of hydrogen-bond donors (Lipinski definition) is 1. The smallest absolute Gasteiger partial charge is 0.0719 e. The molecule has 0 radical (unpaired) electrons. The molecule has 1 aromatic rings. The molecule has 0 aliphatic rings. The van der Waals surface area contributed by atoms with Crippen molar-refractivity contribution in [3.63, 3.8) is 0 Å². The Balaban J connectivity index is 2.40. The average Bonchev–Trinajstić information content (AvgIpc) is 2.33. The third-order valence-electron chi connectivity index (χ3n) is 1.83. The summed E-state index contributed by atoms with van der Waals surface area (Å²) in [6.45, 7) is 4.20. The lowest BCUT2D eigenvalue weighted by Gasteiger charge is -2.16. The van der Waals surface area contributed by atoms with E-state index in [0.29, 0.717) is 5.92 Å². The molecule has 0 saturated heterocycles. The van der Waals surface area contributed by atoms with E-state index in [0.717, 1.165) is 18.8 Å². The minimum absolute atomic E-state index is 0.592. The summed E-state index contributed by atoms with van der Waals surface area (Å²) in [7, 11) is 4.15. The fraction of sp³-hybridized carbons (Fsp3) is 0.667. The topological polar surface area (TPSA) is 47.1 Å². The Hall–Kier alpha value is -1.03. The standard InChI is InChI=1S/C9H18N4/c1-8(5-12(2)3)6-13-7-9(10)4-11-13/h4,7-8H,5-6,10H2,1-3H3/t8-/m0/s1. The first kappa shape index (κ1) is 10.1. The zero-order chi connectivity index (χ0) is 9.84. The van der Waals surface area contributed by atoms with Gasteiger partial charge in [-0.3, -0.25) is 4.68 Å². The van der Waals surface area contributed by atoms with Crippen molar-refractivity contribution in [1.82, 2.24) is 14.7 Å². The first-order valence-electron chi connectivity index (χ1n) is 4.50. The fourth-order valence-corrected chi connectivity index (χ4v) is 1.48. The highest BCUT2D eigenvalue weighted by atomic mass is 15.3. The van der Waals surface area contributed by atoms with Crippen molar-refractivity contribution in [3.05, 3.63) is 12.4 Å². The molecule has 0 fully saturated rings. The molecule has 1 heterocycles. The highest BCUT2D eigenvalue weighted by molar-refractivity contribution is 5.30. The molecule has 1 rings (SSSR count). The van der Waals surface area contributed by atoms with Gasteiger partial charge in [0.1, 0.15) is 0 Å². The second kappa shape index (κ2) is 4.28. The summed E-state index contributed by atoms with van der Waals surface area (Å²) in [6, 6.07) is 0. The lowest BCUT2D eigenvalue weighted by molar-refractivity contribution is 0.308. The number of anilines is 1. The van der Waals surface area contributed by atoms with Crippen LogP contribution < -0.4 is 5.73 Å². The maximum atomic E-state index is 5.56. The molecule has 74 valence electrons. The van der Waals surface area contributed by atoms with Crippen LogP contribution in [0.2, 0.25) is 0 Å². The Morgan fingerprint density at radius 2 is 2.31 bits per heavy atom. The number of nitrogen functional groups attached to an aromatic ring is 1. The normalized spacial score (nSPS) is 13.5. The summed E-state index contributed by atoms with van der Waals surface area (Å²) in [5.41, 5.74) is 6.30. The lowest BCUT2D eigenvalue weighted by atomic mass is 10.2.